The van der Waals surface area contributed by atoms with Crippen molar-refractivity contribution in [2.75, 3.05) is 13.2 Å². The summed E-state index contributed by atoms with van der Waals surface area (Å²) in [6, 6.07) is 0. The van der Waals surface area contributed by atoms with E-state index in [1.807, 2.05) is 0 Å². The summed E-state index contributed by atoms with van der Waals surface area (Å²) in [6.07, 6.45) is 2.81. The standard InChI is InChI=1S/C12H28O3Si2/c1-16(2,3)13-9-11-7-8-12(15-11)10-14-17(4,5)6/h11-12H,7-10H2,1-6H3. The first kappa shape index (κ1) is 15.4. The maximum atomic E-state index is 5.95. The molecule has 1 heterocycles. The lowest BCUT2D eigenvalue weighted by Crippen LogP contribution is -2.32. The zero-order chi connectivity index (χ0) is 13.1. The molecule has 2 atom stereocenters. The van der Waals surface area contributed by atoms with Crippen LogP contribution in [-0.2, 0) is 13.6 Å². The first-order valence-corrected chi connectivity index (χ1v) is 13.4. The van der Waals surface area contributed by atoms with Crippen molar-refractivity contribution in [3.63, 3.8) is 0 Å². The number of hydrogen-bond donors (Lipinski definition) is 0. The van der Waals surface area contributed by atoms with Crippen LogP contribution < -0.4 is 0 Å². The Morgan fingerprint density at radius 1 is 0.824 bits per heavy atom. The Morgan fingerprint density at radius 2 is 1.18 bits per heavy atom. The molecule has 1 saturated heterocycles. The Bertz CT molecular complexity index is 209. The van der Waals surface area contributed by atoms with Gasteiger partial charge in [-0.2, -0.15) is 0 Å². The van der Waals surface area contributed by atoms with E-state index in [0.29, 0.717) is 0 Å². The van der Waals surface area contributed by atoms with Crippen LogP contribution in [0.4, 0.5) is 0 Å². The molecule has 1 fully saturated rings. The predicted octanol–water partition coefficient (Wildman–Crippen LogP) is 3.24. The summed E-state index contributed by atoms with van der Waals surface area (Å²) < 4.78 is 17.7. The number of rotatable bonds is 6. The molecule has 0 N–H and O–H groups in total. The smallest absolute Gasteiger partial charge is 0.183 e. The molecule has 0 spiro atoms. The molecule has 102 valence electrons. The minimum Gasteiger partial charge on any atom is -0.415 e. The van der Waals surface area contributed by atoms with E-state index in [0.717, 1.165) is 26.1 Å². The molecule has 2 unspecified atom stereocenters. The van der Waals surface area contributed by atoms with E-state index in [1.54, 1.807) is 0 Å². The summed E-state index contributed by atoms with van der Waals surface area (Å²) in [5.74, 6) is 0. The Balaban J connectivity index is 2.19. The fourth-order valence-corrected chi connectivity index (χ4v) is 3.08. The first-order chi connectivity index (χ1) is 7.66. The van der Waals surface area contributed by atoms with Crippen LogP contribution in [0.3, 0.4) is 0 Å². The fourth-order valence-electron chi connectivity index (χ4n) is 1.71. The van der Waals surface area contributed by atoms with Gasteiger partial charge < -0.3 is 13.6 Å². The monoisotopic (exact) mass is 276 g/mol. The van der Waals surface area contributed by atoms with Crippen molar-refractivity contribution in [2.24, 2.45) is 0 Å². The lowest BCUT2D eigenvalue weighted by molar-refractivity contribution is -0.00508. The summed E-state index contributed by atoms with van der Waals surface area (Å²) in [5.41, 5.74) is 0. The van der Waals surface area contributed by atoms with Gasteiger partial charge in [-0.05, 0) is 52.1 Å². The van der Waals surface area contributed by atoms with E-state index >= 15 is 0 Å². The van der Waals surface area contributed by atoms with Crippen molar-refractivity contribution in [2.45, 2.75) is 64.3 Å². The zero-order valence-electron chi connectivity index (χ0n) is 12.2. The van der Waals surface area contributed by atoms with Crippen LogP contribution in [0.25, 0.3) is 0 Å². The van der Waals surface area contributed by atoms with Crippen molar-refractivity contribution in [3.8, 4) is 0 Å². The van der Waals surface area contributed by atoms with Gasteiger partial charge in [0.1, 0.15) is 0 Å². The average molecular weight is 277 g/mol. The molecule has 5 heteroatoms. The van der Waals surface area contributed by atoms with Gasteiger partial charge in [0.2, 0.25) is 0 Å². The molecule has 0 aromatic rings. The third kappa shape index (κ3) is 7.36. The third-order valence-corrected chi connectivity index (χ3v) is 4.67. The normalized spacial score (nSPS) is 26.5. The van der Waals surface area contributed by atoms with Crippen molar-refractivity contribution < 1.29 is 13.6 Å². The van der Waals surface area contributed by atoms with Gasteiger partial charge in [-0.1, -0.05) is 0 Å². The van der Waals surface area contributed by atoms with E-state index in [9.17, 15) is 0 Å². The highest BCUT2D eigenvalue weighted by Gasteiger charge is 2.28. The molecule has 1 rings (SSSR count). The summed E-state index contributed by atoms with van der Waals surface area (Å²) in [6.45, 7) is 14.8. The Labute approximate surface area is 108 Å². The zero-order valence-corrected chi connectivity index (χ0v) is 14.2. The van der Waals surface area contributed by atoms with Crippen molar-refractivity contribution in [3.05, 3.63) is 0 Å². The van der Waals surface area contributed by atoms with Crippen LogP contribution in [0.5, 0.6) is 0 Å². The average Bonchev–Trinajstić information content (AvgIpc) is 2.57. The highest BCUT2D eigenvalue weighted by Crippen LogP contribution is 2.22. The van der Waals surface area contributed by atoms with Crippen LogP contribution >= 0.6 is 0 Å². The van der Waals surface area contributed by atoms with Crippen LogP contribution in [0, 0.1) is 0 Å². The summed E-state index contributed by atoms with van der Waals surface area (Å²) in [5, 5.41) is 0. The van der Waals surface area contributed by atoms with Gasteiger partial charge in [0, 0.05) is 0 Å². The second-order valence-corrected chi connectivity index (χ2v) is 15.8. The lowest BCUT2D eigenvalue weighted by Gasteiger charge is -2.22. The highest BCUT2D eigenvalue weighted by atomic mass is 28.4. The van der Waals surface area contributed by atoms with Crippen LogP contribution in [0.1, 0.15) is 12.8 Å². The Kier molecular flexibility index (Phi) is 5.40. The van der Waals surface area contributed by atoms with E-state index in [4.69, 9.17) is 13.6 Å². The second kappa shape index (κ2) is 5.97. The molecule has 0 aliphatic carbocycles. The maximum Gasteiger partial charge on any atom is 0.183 e. The topological polar surface area (TPSA) is 27.7 Å². The number of hydrogen-bond acceptors (Lipinski definition) is 3. The molecule has 3 nitrogen and oxygen atoms in total. The van der Waals surface area contributed by atoms with Crippen molar-refractivity contribution in [1.29, 1.82) is 0 Å². The van der Waals surface area contributed by atoms with Gasteiger partial charge in [0.05, 0.1) is 25.4 Å². The Morgan fingerprint density at radius 3 is 1.47 bits per heavy atom. The molecular weight excluding hydrogens is 248 g/mol. The summed E-state index contributed by atoms with van der Waals surface area (Å²) in [7, 11) is -2.80. The molecule has 0 saturated carbocycles. The molecule has 0 amide bonds. The van der Waals surface area contributed by atoms with E-state index in [-0.39, 0.29) is 12.2 Å². The first-order valence-electron chi connectivity index (χ1n) is 6.59. The maximum absolute atomic E-state index is 5.95. The van der Waals surface area contributed by atoms with E-state index < -0.39 is 16.6 Å². The number of ether oxygens (including phenoxy) is 1. The van der Waals surface area contributed by atoms with Crippen LogP contribution in [-0.4, -0.2) is 42.1 Å². The fraction of sp³-hybridized carbons (Fsp3) is 1.00. The van der Waals surface area contributed by atoms with Gasteiger partial charge in [-0.15, -0.1) is 0 Å². The van der Waals surface area contributed by atoms with E-state index in [1.165, 1.54) is 0 Å². The summed E-state index contributed by atoms with van der Waals surface area (Å²) in [4.78, 5) is 0. The minimum atomic E-state index is -1.40. The van der Waals surface area contributed by atoms with Crippen molar-refractivity contribution >= 4 is 16.6 Å². The predicted molar refractivity (Wildman–Crippen MR) is 76.5 cm³/mol. The summed E-state index contributed by atoms with van der Waals surface area (Å²) >= 11 is 0. The van der Waals surface area contributed by atoms with Crippen LogP contribution in [0.15, 0.2) is 0 Å². The van der Waals surface area contributed by atoms with Gasteiger partial charge in [0.15, 0.2) is 16.6 Å². The van der Waals surface area contributed by atoms with Crippen LogP contribution in [0.2, 0.25) is 39.3 Å². The van der Waals surface area contributed by atoms with Crippen molar-refractivity contribution in [1.82, 2.24) is 0 Å². The molecule has 1 aliphatic rings. The molecule has 17 heavy (non-hydrogen) atoms. The molecule has 1 aliphatic heterocycles. The van der Waals surface area contributed by atoms with Gasteiger partial charge in [-0.25, -0.2) is 0 Å². The van der Waals surface area contributed by atoms with Gasteiger partial charge in [0.25, 0.3) is 0 Å². The highest BCUT2D eigenvalue weighted by molar-refractivity contribution is 6.70. The Hall–Kier alpha value is 0.314. The second-order valence-electron chi connectivity index (χ2n) is 6.80. The SMILES string of the molecule is C[Si](C)(C)OCC1CCC(CO[Si](C)(C)C)O1. The molecule has 0 aromatic carbocycles. The van der Waals surface area contributed by atoms with Gasteiger partial charge in [-0.3, -0.25) is 0 Å². The quantitative estimate of drug-likeness (QED) is 0.697. The molecular formula is C12H28O3Si2. The van der Waals surface area contributed by atoms with Gasteiger partial charge >= 0.3 is 0 Å². The molecule has 0 bridgehead atoms. The lowest BCUT2D eigenvalue weighted by atomic mass is 10.2. The minimum absolute atomic E-state index is 0.289. The van der Waals surface area contributed by atoms with E-state index in [2.05, 4.69) is 39.3 Å². The molecule has 0 aromatic heterocycles. The third-order valence-electron chi connectivity index (χ3n) is 2.60. The molecule has 0 radical (unpaired) electrons. The largest absolute Gasteiger partial charge is 0.415 e.